The van der Waals surface area contributed by atoms with Gasteiger partial charge in [0.25, 0.3) is 0 Å². The Morgan fingerprint density at radius 1 is 0.971 bits per heavy atom. The van der Waals surface area contributed by atoms with Gasteiger partial charge in [0.2, 0.25) is 11.9 Å². The average molecular weight is 476 g/mol. The zero-order valence-electron chi connectivity index (χ0n) is 18.7. The number of fused-ring (bicyclic) bond motifs is 1. The topological polar surface area (TPSA) is 88.1 Å². The van der Waals surface area contributed by atoms with Gasteiger partial charge in [-0.3, -0.25) is 4.98 Å². The van der Waals surface area contributed by atoms with Crippen molar-refractivity contribution in [3.63, 3.8) is 0 Å². The maximum Gasteiger partial charge on any atom is 0.232 e. The lowest BCUT2D eigenvalue weighted by molar-refractivity contribution is 0.122. The van der Waals surface area contributed by atoms with Crippen LogP contribution >= 0.6 is 11.6 Å². The average Bonchev–Trinajstić information content (AvgIpc) is 2.87. The number of para-hydroxylation sites is 1. The molecule has 4 aromatic rings. The number of aromatic nitrogens is 4. The molecule has 0 amide bonds. The second-order valence-corrected chi connectivity index (χ2v) is 8.45. The minimum Gasteiger partial charge on any atom is -0.384 e. The molecule has 5 rings (SSSR count). The summed E-state index contributed by atoms with van der Waals surface area (Å²) in [6.07, 6.45) is 3.39. The molecule has 1 fully saturated rings. The maximum atomic E-state index is 6.10. The fourth-order valence-corrected chi connectivity index (χ4v) is 4.04. The number of ether oxygens (including phenoxy) is 1. The summed E-state index contributed by atoms with van der Waals surface area (Å²) in [5.74, 6) is 2.02. The smallest absolute Gasteiger partial charge is 0.232 e. The monoisotopic (exact) mass is 475 g/mol. The summed E-state index contributed by atoms with van der Waals surface area (Å²) in [7, 11) is 0. The lowest BCUT2D eigenvalue weighted by Gasteiger charge is -2.27. The van der Waals surface area contributed by atoms with E-state index in [1.165, 1.54) is 0 Å². The first-order valence-corrected chi connectivity index (χ1v) is 11.8. The Morgan fingerprint density at radius 3 is 2.68 bits per heavy atom. The van der Waals surface area contributed by atoms with Gasteiger partial charge in [-0.25, -0.2) is 0 Å². The van der Waals surface area contributed by atoms with E-state index in [0.717, 1.165) is 60.6 Å². The van der Waals surface area contributed by atoms with Crippen LogP contribution in [0, 0.1) is 0 Å². The van der Waals surface area contributed by atoms with Gasteiger partial charge in [-0.1, -0.05) is 29.8 Å². The molecular formula is C25H26ClN7O. The van der Waals surface area contributed by atoms with Crippen LogP contribution in [0.3, 0.4) is 0 Å². The van der Waals surface area contributed by atoms with E-state index < -0.39 is 0 Å². The molecule has 0 aliphatic carbocycles. The van der Waals surface area contributed by atoms with Crippen molar-refractivity contribution in [2.75, 3.05) is 48.4 Å². The fourth-order valence-electron chi connectivity index (χ4n) is 3.88. The first kappa shape index (κ1) is 22.3. The number of hydrogen-bond donors (Lipinski definition) is 2. The number of hydrogen-bond acceptors (Lipinski definition) is 8. The molecule has 1 aliphatic rings. The molecular weight excluding hydrogens is 450 g/mol. The van der Waals surface area contributed by atoms with E-state index in [0.29, 0.717) is 30.1 Å². The number of halogens is 1. The van der Waals surface area contributed by atoms with Crippen molar-refractivity contribution in [3.05, 3.63) is 71.6 Å². The molecule has 0 radical (unpaired) electrons. The number of rotatable bonds is 8. The van der Waals surface area contributed by atoms with Crippen molar-refractivity contribution in [1.82, 2.24) is 19.9 Å². The summed E-state index contributed by atoms with van der Waals surface area (Å²) in [5, 5.41) is 8.56. The van der Waals surface area contributed by atoms with E-state index in [9.17, 15) is 0 Å². The number of pyridine rings is 1. The van der Waals surface area contributed by atoms with E-state index in [2.05, 4.69) is 30.5 Å². The molecule has 2 aromatic carbocycles. The largest absolute Gasteiger partial charge is 0.384 e. The standard InChI is InChI=1S/C25H26ClN7O/c26-18-8-9-20-21(10-12-28-22(20)17-18)27-11-4-7-23-30-24(29-19-5-2-1-3-6-19)32-25(31-23)33-13-15-34-16-14-33/h1-3,5-6,8-10,12,17H,4,7,11,13-16H2,(H,27,28)(H,29,30,31,32). The van der Waals surface area contributed by atoms with Crippen molar-refractivity contribution in [1.29, 1.82) is 0 Å². The Hall–Kier alpha value is -3.49. The van der Waals surface area contributed by atoms with Gasteiger partial charge in [-0.05, 0) is 42.8 Å². The zero-order chi connectivity index (χ0) is 23.2. The summed E-state index contributed by atoms with van der Waals surface area (Å²) in [6, 6.07) is 17.7. The minimum absolute atomic E-state index is 0.558. The van der Waals surface area contributed by atoms with E-state index in [1.807, 2.05) is 54.6 Å². The van der Waals surface area contributed by atoms with E-state index in [4.69, 9.17) is 21.3 Å². The molecule has 0 unspecified atom stereocenters. The van der Waals surface area contributed by atoms with Gasteiger partial charge in [0.1, 0.15) is 5.82 Å². The van der Waals surface area contributed by atoms with Gasteiger partial charge < -0.3 is 20.3 Å². The van der Waals surface area contributed by atoms with Gasteiger partial charge in [0.05, 0.1) is 18.7 Å². The Morgan fingerprint density at radius 2 is 1.82 bits per heavy atom. The van der Waals surface area contributed by atoms with Gasteiger partial charge in [-0.2, -0.15) is 15.0 Å². The van der Waals surface area contributed by atoms with E-state index >= 15 is 0 Å². The normalized spacial score (nSPS) is 13.7. The van der Waals surface area contributed by atoms with E-state index in [-0.39, 0.29) is 0 Å². The number of anilines is 4. The first-order valence-electron chi connectivity index (χ1n) is 11.4. The molecule has 2 N–H and O–H groups in total. The van der Waals surface area contributed by atoms with Crippen LogP contribution in [-0.2, 0) is 11.2 Å². The minimum atomic E-state index is 0.558. The number of benzene rings is 2. The van der Waals surface area contributed by atoms with Crippen LogP contribution in [-0.4, -0.2) is 52.8 Å². The van der Waals surface area contributed by atoms with Gasteiger partial charge in [0, 0.05) is 54.0 Å². The van der Waals surface area contributed by atoms with E-state index in [1.54, 1.807) is 6.20 Å². The predicted molar refractivity (Wildman–Crippen MR) is 136 cm³/mol. The molecule has 3 heterocycles. The highest BCUT2D eigenvalue weighted by Gasteiger charge is 2.16. The van der Waals surface area contributed by atoms with Crippen LogP contribution in [0.2, 0.25) is 5.02 Å². The molecule has 1 aliphatic heterocycles. The highest BCUT2D eigenvalue weighted by Crippen LogP contribution is 2.24. The highest BCUT2D eigenvalue weighted by atomic mass is 35.5. The fraction of sp³-hybridized carbons (Fsp3) is 0.280. The van der Waals surface area contributed by atoms with Crippen molar-refractivity contribution in [2.24, 2.45) is 0 Å². The Bertz CT molecular complexity index is 1250. The third-order valence-corrected chi connectivity index (χ3v) is 5.83. The summed E-state index contributed by atoms with van der Waals surface area (Å²) in [6.45, 7) is 3.68. The molecule has 1 saturated heterocycles. The molecule has 0 spiro atoms. The van der Waals surface area contributed by atoms with Crippen molar-refractivity contribution in [3.8, 4) is 0 Å². The lowest BCUT2D eigenvalue weighted by atomic mass is 10.2. The molecule has 34 heavy (non-hydrogen) atoms. The van der Waals surface area contributed by atoms with Gasteiger partial charge in [0.15, 0.2) is 0 Å². The SMILES string of the molecule is Clc1ccc2c(NCCCc3nc(Nc4ccccc4)nc(N4CCOCC4)n3)ccnc2c1. The second kappa shape index (κ2) is 10.6. The molecule has 0 saturated carbocycles. The van der Waals surface area contributed by atoms with Crippen LogP contribution in [0.4, 0.5) is 23.3 Å². The third kappa shape index (κ3) is 5.52. The van der Waals surface area contributed by atoms with Gasteiger partial charge in [-0.15, -0.1) is 0 Å². The Balaban J connectivity index is 1.28. The highest BCUT2D eigenvalue weighted by molar-refractivity contribution is 6.31. The predicted octanol–water partition coefficient (Wildman–Crippen LogP) is 4.70. The van der Waals surface area contributed by atoms with Gasteiger partial charge >= 0.3 is 0 Å². The maximum absolute atomic E-state index is 6.10. The van der Waals surface area contributed by atoms with Crippen LogP contribution < -0.4 is 15.5 Å². The number of nitrogens with one attached hydrogen (secondary N) is 2. The quantitative estimate of drug-likeness (QED) is 0.354. The van der Waals surface area contributed by atoms with Crippen molar-refractivity contribution in [2.45, 2.75) is 12.8 Å². The number of morpholine rings is 1. The van der Waals surface area contributed by atoms with Crippen LogP contribution in [0.5, 0.6) is 0 Å². The Kier molecular flexibility index (Phi) is 6.97. The van der Waals surface area contributed by atoms with Crippen molar-refractivity contribution >= 4 is 45.8 Å². The van der Waals surface area contributed by atoms with Crippen molar-refractivity contribution < 1.29 is 4.74 Å². The summed E-state index contributed by atoms with van der Waals surface area (Å²) in [4.78, 5) is 20.7. The summed E-state index contributed by atoms with van der Waals surface area (Å²) >= 11 is 6.10. The van der Waals surface area contributed by atoms with Crippen LogP contribution in [0.1, 0.15) is 12.2 Å². The molecule has 0 atom stereocenters. The molecule has 8 nitrogen and oxygen atoms in total. The van der Waals surface area contributed by atoms with Crippen LogP contribution in [0.15, 0.2) is 60.8 Å². The molecule has 174 valence electrons. The number of nitrogens with zero attached hydrogens (tertiary/aromatic N) is 5. The number of aryl methyl sites for hydroxylation is 1. The summed E-state index contributed by atoms with van der Waals surface area (Å²) in [5.41, 5.74) is 2.86. The zero-order valence-corrected chi connectivity index (χ0v) is 19.5. The van der Waals surface area contributed by atoms with Crippen LogP contribution in [0.25, 0.3) is 10.9 Å². The molecule has 9 heteroatoms. The second-order valence-electron chi connectivity index (χ2n) is 8.02. The first-order chi connectivity index (χ1) is 16.7. The third-order valence-electron chi connectivity index (χ3n) is 5.59. The molecule has 0 bridgehead atoms. The Labute approximate surface area is 203 Å². The summed E-state index contributed by atoms with van der Waals surface area (Å²) < 4.78 is 5.49. The molecule has 2 aromatic heterocycles. The lowest BCUT2D eigenvalue weighted by Crippen LogP contribution is -2.37.